The Kier molecular flexibility index (Phi) is 4.76. The van der Waals surface area contributed by atoms with Gasteiger partial charge < -0.3 is 4.90 Å². The van der Waals surface area contributed by atoms with Gasteiger partial charge in [-0.2, -0.15) is 0 Å². The number of hydrogen-bond acceptors (Lipinski definition) is 2. The first-order valence-corrected chi connectivity index (χ1v) is 7.27. The van der Waals surface area contributed by atoms with Gasteiger partial charge in [0.15, 0.2) is 0 Å². The van der Waals surface area contributed by atoms with Gasteiger partial charge in [-0.3, -0.25) is 9.69 Å². The van der Waals surface area contributed by atoms with Crippen LogP contribution in [0.5, 0.6) is 0 Å². The molecule has 0 saturated carbocycles. The zero-order chi connectivity index (χ0) is 14.7. The largest absolute Gasteiger partial charge is 0.340 e. The molecule has 0 spiro atoms. The molecule has 1 heterocycles. The fourth-order valence-corrected chi connectivity index (χ4v) is 2.65. The number of hydrogen-bond donors (Lipinski definition) is 0. The average Bonchev–Trinajstić information content (AvgIpc) is 2.46. The van der Waals surface area contributed by atoms with Gasteiger partial charge >= 0.3 is 0 Å². The lowest BCUT2D eigenvalue weighted by Crippen LogP contribution is -2.50. The Morgan fingerprint density at radius 1 is 1.05 bits per heavy atom. The minimum atomic E-state index is -0.201. The number of nitrogens with zero attached hydrogens (tertiary/aromatic N) is 2. The van der Waals surface area contributed by atoms with Crippen molar-refractivity contribution < 1.29 is 9.18 Å². The van der Waals surface area contributed by atoms with Gasteiger partial charge in [0.1, 0.15) is 5.82 Å². The van der Waals surface area contributed by atoms with E-state index in [0.717, 1.165) is 31.7 Å². The van der Waals surface area contributed by atoms with Crippen LogP contribution >= 0.6 is 0 Å². The molecule has 0 N–H and O–H groups in total. The Hall–Kier alpha value is -1.42. The van der Waals surface area contributed by atoms with Gasteiger partial charge in [-0.1, -0.05) is 26.0 Å². The maximum Gasteiger partial charge on any atom is 0.225 e. The van der Waals surface area contributed by atoms with E-state index in [1.165, 1.54) is 12.1 Å². The molecule has 1 aliphatic heterocycles. The standard InChI is InChI=1S/C16H23FN2O/c1-12(2)16(20)19-10-8-18(9-11-19)13(3)14-4-6-15(17)7-5-14/h4-7,12-13H,8-11H2,1-3H3. The first-order valence-electron chi connectivity index (χ1n) is 7.27. The number of amides is 1. The molecule has 20 heavy (non-hydrogen) atoms. The Labute approximate surface area is 120 Å². The second-order valence-electron chi connectivity index (χ2n) is 5.74. The van der Waals surface area contributed by atoms with E-state index < -0.39 is 0 Å². The smallest absolute Gasteiger partial charge is 0.225 e. The summed E-state index contributed by atoms with van der Waals surface area (Å²) >= 11 is 0. The molecule has 0 aliphatic carbocycles. The van der Waals surface area contributed by atoms with Crippen molar-refractivity contribution in [3.05, 3.63) is 35.6 Å². The van der Waals surface area contributed by atoms with Gasteiger partial charge in [0.05, 0.1) is 0 Å². The van der Waals surface area contributed by atoms with E-state index >= 15 is 0 Å². The normalized spacial score (nSPS) is 18.4. The van der Waals surface area contributed by atoms with Crippen molar-refractivity contribution in [2.45, 2.75) is 26.8 Å². The summed E-state index contributed by atoms with van der Waals surface area (Å²) in [6, 6.07) is 6.94. The fourth-order valence-electron chi connectivity index (χ4n) is 2.65. The van der Waals surface area contributed by atoms with Crippen molar-refractivity contribution in [1.82, 2.24) is 9.80 Å². The second-order valence-corrected chi connectivity index (χ2v) is 5.74. The highest BCUT2D eigenvalue weighted by Crippen LogP contribution is 2.22. The van der Waals surface area contributed by atoms with Gasteiger partial charge in [-0.15, -0.1) is 0 Å². The van der Waals surface area contributed by atoms with Crippen LogP contribution in [0.25, 0.3) is 0 Å². The van der Waals surface area contributed by atoms with Crippen molar-refractivity contribution in [1.29, 1.82) is 0 Å². The molecule has 4 heteroatoms. The van der Waals surface area contributed by atoms with Gasteiger partial charge in [-0.05, 0) is 24.6 Å². The Morgan fingerprint density at radius 2 is 1.60 bits per heavy atom. The summed E-state index contributed by atoms with van der Waals surface area (Å²) in [5.74, 6) is 0.100. The maximum absolute atomic E-state index is 13.0. The van der Waals surface area contributed by atoms with Crippen LogP contribution in [0.2, 0.25) is 0 Å². The maximum atomic E-state index is 13.0. The SMILES string of the molecule is CC(C)C(=O)N1CCN(C(C)c2ccc(F)cc2)CC1. The lowest BCUT2D eigenvalue weighted by molar-refractivity contribution is -0.136. The van der Waals surface area contributed by atoms with Gasteiger partial charge in [-0.25, -0.2) is 4.39 Å². The molecule has 1 atom stereocenters. The third-order valence-electron chi connectivity index (χ3n) is 4.02. The van der Waals surface area contributed by atoms with Crippen LogP contribution in [0, 0.1) is 11.7 Å². The summed E-state index contributed by atoms with van der Waals surface area (Å²) in [4.78, 5) is 16.2. The van der Waals surface area contributed by atoms with Crippen LogP contribution in [0.15, 0.2) is 24.3 Å². The van der Waals surface area contributed by atoms with E-state index in [-0.39, 0.29) is 23.7 Å². The minimum absolute atomic E-state index is 0.0658. The van der Waals surface area contributed by atoms with Crippen LogP contribution in [0.1, 0.15) is 32.4 Å². The number of piperazine rings is 1. The van der Waals surface area contributed by atoms with Crippen molar-refractivity contribution in [3.8, 4) is 0 Å². The van der Waals surface area contributed by atoms with Crippen LogP contribution in [0.4, 0.5) is 4.39 Å². The van der Waals surface area contributed by atoms with Crippen LogP contribution < -0.4 is 0 Å². The molecule has 1 aliphatic rings. The van der Waals surface area contributed by atoms with Crippen molar-refractivity contribution >= 4 is 5.91 Å². The number of benzene rings is 1. The van der Waals surface area contributed by atoms with E-state index in [2.05, 4.69) is 11.8 Å². The van der Waals surface area contributed by atoms with Gasteiger partial charge in [0.25, 0.3) is 0 Å². The highest BCUT2D eigenvalue weighted by atomic mass is 19.1. The number of carbonyl (C=O) groups is 1. The first kappa shape index (κ1) is 15.0. The molecule has 1 fully saturated rings. The molecule has 1 unspecified atom stereocenters. The third kappa shape index (κ3) is 3.37. The quantitative estimate of drug-likeness (QED) is 0.848. The highest BCUT2D eigenvalue weighted by Gasteiger charge is 2.25. The second kappa shape index (κ2) is 6.35. The molecular formula is C16H23FN2O. The first-order chi connectivity index (χ1) is 9.49. The minimum Gasteiger partial charge on any atom is -0.340 e. The van der Waals surface area contributed by atoms with E-state index in [1.807, 2.05) is 30.9 Å². The molecule has 1 amide bonds. The topological polar surface area (TPSA) is 23.6 Å². The monoisotopic (exact) mass is 278 g/mol. The third-order valence-corrected chi connectivity index (χ3v) is 4.02. The van der Waals surface area contributed by atoms with Gasteiger partial charge in [0.2, 0.25) is 5.91 Å². The summed E-state index contributed by atoms with van der Waals surface area (Å²) in [5.41, 5.74) is 1.12. The predicted octanol–water partition coefficient (Wildman–Crippen LogP) is 2.69. The highest BCUT2D eigenvalue weighted by molar-refractivity contribution is 5.78. The fraction of sp³-hybridized carbons (Fsp3) is 0.562. The van der Waals surface area contributed by atoms with Crippen molar-refractivity contribution in [2.75, 3.05) is 26.2 Å². The zero-order valence-corrected chi connectivity index (χ0v) is 12.5. The molecule has 1 aromatic carbocycles. The lowest BCUT2D eigenvalue weighted by atomic mass is 10.1. The van der Waals surface area contributed by atoms with E-state index in [9.17, 15) is 9.18 Å². The number of halogens is 1. The summed E-state index contributed by atoms with van der Waals surface area (Å²) in [6.07, 6.45) is 0. The molecule has 1 aromatic rings. The lowest BCUT2D eigenvalue weighted by Gasteiger charge is -2.38. The van der Waals surface area contributed by atoms with Crippen LogP contribution in [-0.4, -0.2) is 41.9 Å². The van der Waals surface area contributed by atoms with E-state index in [4.69, 9.17) is 0 Å². The zero-order valence-electron chi connectivity index (χ0n) is 12.5. The molecule has 0 radical (unpaired) electrons. The molecule has 110 valence electrons. The Bertz CT molecular complexity index is 450. The number of carbonyl (C=O) groups excluding carboxylic acids is 1. The molecule has 1 saturated heterocycles. The molecular weight excluding hydrogens is 255 g/mol. The predicted molar refractivity (Wildman–Crippen MR) is 77.8 cm³/mol. The van der Waals surface area contributed by atoms with Crippen LogP contribution in [0.3, 0.4) is 0 Å². The average molecular weight is 278 g/mol. The van der Waals surface area contributed by atoms with Crippen LogP contribution in [-0.2, 0) is 4.79 Å². The Morgan fingerprint density at radius 3 is 2.10 bits per heavy atom. The van der Waals surface area contributed by atoms with Crippen molar-refractivity contribution in [3.63, 3.8) is 0 Å². The summed E-state index contributed by atoms with van der Waals surface area (Å²) in [5, 5.41) is 0. The Balaban J connectivity index is 1.93. The summed E-state index contributed by atoms with van der Waals surface area (Å²) in [6.45, 7) is 9.32. The number of rotatable bonds is 3. The van der Waals surface area contributed by atoms with Crippen molar-refractivity contribution in [2.24, 2.45) is 5.92 Å². The van der Waals surface area contributed by atoms with E-state index in [0.29, 0.717) is 0 Å². The van der Waals surface area contributed by atoms with Gasteiger partial charge in [0, 0.05) is 38.1 Å². The molecule has 2 rings (SSSR count). The summed E-state index contributed by atoms with van der Waals surface area (Å²) in [7, 11) is 0. The molecule has 0 bridgehead atoms. The molecule has 3 nitrogen and oxygen atoms in total. The van der Waals surface area contributed by atoms with E-state index in [1.54, 1.807) is 0 Å². The summed E-state index contributed by atoms with van der Waals surface area (Å²) < 4.78 is 13.0. The molecule has 0 aromatic heterocycles.